The Bertz CT molecular complexity index is 2290. The molecule has 0 radical (unpaired) electrons. The fourth-order valence-corrected chi connectivity index (χ4v) is 8.41. The summed E-state index contributed by atoms with van der Waals surface area (Å²) in [7, 11) is 7.50. The minimum Gasteiger partial charge on any atom is -0.435 e. The van der Waals surface area contributed by atoms with Crippen LogP contribution in [-0.4, -0.2) is 107 Å². The number of nitrogens with zero attached hydrogens (tertiary/aromatic N) is 5. The second-order valence-electron chi connectivity index (χ2n) is 15.6. The van der Waals surface area contributed by atoms with Crippen LogP contribution in [-0.2, 0) is 19.2 Å². The maximum atomic E-state index is 13.8. The number of aromatic nitrogens is 2. The minimum atomic E-state index is -0.585. The van der Waals surface area contributed by atoms with Gasteiger partial charge >= 0.3 is 0 Å². The molecule has 4 atom stereocenters. The summed E-state index contributed by atoms with van der Waals surface area (Å²) in [5.74, 6) is -0.265. The Labute approximate surface area is 337 Å². The Kier molecular flexibility index (Phi) is 10.8. The molecule has 3 N–H and O–H groups in total. The van der Waals surface area contributed by atoms with E-state index >= 15 is 0 Å². The number of oxazole rings is 1. The number of aromatic amines is 1. The van der Waals surface area contributed by atoms with Crippen molar-refractivity contribution >= 4 is 57.0 Å². The molecular formula is C45H48N8O5. The number of likely N-dealkylation sites (N-methyl/N-ethyl adjacent to an activating group) is 2. The first-order valence-corrected chi connectivity index (χ1v) is 19.7. The molecule has 6 aromatic rings. The van der Waals surface area contributed by atoms with Crippen molar-refractivity contribution < 1.29 is 23.6 Å². The molecule has 4 amide bonds. The molecule has 0 aliphatic carbocycles. The van der Waals surface area contributed by atoms with Gasteiger partial charge in [-0.15, -0.1) is 0 Å². The Balaban J connectivity index is 0.940. The number of hydrogen-bond donors (Lipinski definition) is 3. The number of carbonyl (C=O) groups is 4. The van der Waals surface area contributed by atoms with E-state index in [1.165, 1.54) is 0 Å². The van der Waals surface area contributed by atoms with E-state index in [2.05, 4.69) is 15.6 Å². The molecule has 13 heteroatoms. The third-order valence-corrected chi connectivity index (χ3v) is 11.2. The predicted octanol–water partition coefficient (Wildman–Crippen LogP) is 6.44. The van der Waals surface area contributed by atoms with Crippen molar-refractivity contribution in [2.75, 3.05) is 51.9 Å². The molecule has 58 heavy (non-hydrogen) atoms. The van der Waals surface area contributed by atoms with E-state index < -0.39 is 24.2 Å². The number of benzene rings is 4. The van der Waals surface area contributed by atoms with Crippen LogP contribution in [0.3, 0.4) is 0 Å². The average molecular weight is 781 g/mol. The maximum absolute atomic E-state index is 13.8. The number of rotatable bonds is 11. The lowest BCUT2D eigenvalue weighted by molar-refractivity contribution is -0.141. The lowest BCUT2D eigenvalue weighted by Crippen LogP contribution is -2.47. The zero-order valence-corrected chi connectivity index (χ0v) is 33.1. The van der Waals surface area contributed by atoms with Crippen molar-refractivity contribution in [1.82, 2.24) is 29.6 Å². The summed E-state index contributed by atoms with van der Waals surface area (Å²) in [5, 5.41) is 6.91. The molecule has 0 spiro atoms. The second-order valence-corrected chi connectivity index (χ2v) is 15.6. The number of hydrogen-bond acceptors (Lipinski definition) is 8. The van der Waals surface area contributed by atoms with Gasteiger partial charge in [0.2, 0.25) is 29.5 Å². The molecule has 8 rings (SSSR count). The Hall–Kier alpha value is -6.31. The van der Waals surface area contributed by atoms with Crippen LogP contribution in [0.4, 0.5) is 11.4 Å². The molecule has 4 aromatic carbocycles. The number of anilines is 2. The molecule has 0 bridgehead atoms. The van der Waals surface area contributed by atoms with Gasteiger partial charge < -0.3 is 29.8 Å². The van der Waals surface area contributed by atoms with Crippen LogP contribution in [0.2, 0.25) is 0 Å². The predicted molar refractivity (Wildman–Crippen MR) is 224 cm³/mol. The van der Waals surface area contributed by atoms with Crippen LogP contribution >= 0.6 is 0 Å². The summed E-state index contributed by atoms with van der Waals surface area (Å²) in [6.07, 6.45) is 2.68. The highest BCUT2D eigenvalue weighted by atomic mass is 16.3. The van der Waals surface area contributed by atoms with Crippen LogP contribution in [0, 0.1) is 0 Å². The molecule has 4 heterocycles. The first-order valence-electron chi connectivity index (χ1n) is 19.7. The molecule has 298 valence electrons. The molecule has 2 aliphatic rings. The molecule has 2 aromatic heterocycles. The minimum absolute atomic E-state index is 0.0859. The summed E-state index contributed by atoms with van der Waals surface area (Å²) >= 11 is 0. The highest BCUT2D eigenvalue weighted by Crippen LogP contribution is 2.32. The quantitative estimate of drug-likeness (QED) is 0.136. The van der Waals surface area contributed by atoms with Crippen molar-refractivity contribution in [3.63, 3.8) is 0 Å². The second kappa shape index (κ2) is 16.3. The largest absolute Gasteiger partial charge is 0.435 e. The monoisotopic (exact) mass is 780 g/mol. The van der Waals surface area contributed by atoms with E-state index in [1.807, 2.05) is 123 Å². The normalized spacial score (nSPS) is 18.0. The van der Waals surface area contributed by atoms with Gasteiger partial charge in [0.15, 0.2) is 5.58 Å². The van der Waals surface area contributed by atoms with Crippen LogP contribution in [0.5, 0.6) is 0 Å². The van der Waals surface area contributed by atoms with E-state index in [1.54, 1.807) is 28.0 Å². The number of H-pyrrole nitrogens is 1. The Morgan fingerprint density at radius 3 is 1.74 bits per heavy atom. The van der Waals surface area contributed by atoms with E-state index in [9.17, 15) is 19.2 Å². The van der Waals surface area contributed by atoms with Crippen LogP contribution in [0.1, 0.15) is 48.9 Å². The SMILES string of the molecule is CN(C)[C@@H](C(=O)N1CCC[C@H]1C(=O)Nc1ccc2[nH]c(-c3nc4cc(NC(=O)[C@@H]5CCCN5C(=O)[C@@H](c5ccccc5)N(C)C)ccc4o3)cc2c1)c1ccccc1. The summed E-state index contributed by atoms with van der Waals surface area (Å²) in [6, 6.07) is 30.0. The summed E-state index contributed by atoms with van der Waals surface area (Å²) in [6.45, 7) is 1.05. The smallest absolute Gasteiger partial charge is 0.247 e. The molecule has 0 saturated carbocycles. The fraction of sp³-hybridized carbons (Fsp3) is 0.311. The van der Waals surface area contributed by atoms with E-state index in [-0.39, 0.29) is 23.6 Å². The van der Waals surface area contributed by atoms with Crippen molar-refractivity contribution in [3.8, 4) is 11.6 Å². The molecule has 0 unspecified atom stereocenters. The lowest BCUT2D eigenvalue weighted by atomic mass is 10.0. The Morgan fingerprint density at radius 2 is 1.21 bits per heavy atom. The van der Waals surface area contributed by atoms with Crippen molar-refractivity contribution in [2.24, 2.45) is 0 Å². The van der Waals surface area contributed by atoms with Gasteiger partial charge in [-0.1, -0.05) is 60.7 Å². The van der Waals surface area contributed by atoms with E-state index in [0.29, 0.717) is 60.0 Å². The molecule has 2 aliphatic heterocycles. The summed E-state index contributed by atoms with van der Waals surface area (Å²) in [4.78, 5) is 70.2. The number of carbonyl (C=O) groups excluding carboxylic acids is 4. The average Bonchev–Trinajstić information content (AvgIpc) is 4.04. The topological polar surface area (TPSA) is 147 Å². The zero-order chi connectivity index (χ0) is 40.5. The first kappa shape index (κ1) is 38.6. The van der Waals surface area contributed by atoms with Gasteiger partial charge in [-0.3, -0.25) is 29.0 Å². The fourth-order valence-electron chi connectivity index (χ4n) is 8.41. The molecule has 2 fully saturated rings. The van der Waals surface area contributed by atoms with Gasteiger partial charge in [-0.05, 0) is 107 Å². The summed E-state index contributed by atoms with van der Waals surface area (Å²) < 4.78 is 6.12. The van der Waals surface area contributed by atoms with Gasteiger partial charge in [-0.25, -0.2) is 4.98 Å². The zero-order valence-electron chi connectivity index (χ0n) is 33.1. The van der Waals surface area contributed by atoms with Crippen molar-refractivity contribution in [3.05, 3.63) is 114 Å². The molecule has 13 nitrogen and oxygen atoms in total. The summed E-state index contributed by atoms with van der Waals surface area (Å²) in [5.41, 5.74) is 5.55. The van der Waals surface area contributed by atoms with Gasteiger partial charge in [0, 0.05) is 35.4 Å². The van der Waals surface area contributed by atoms with Crippen LogP contribution in [0.25, 0.3) is 33.6 Å². The van der Waals surface area contributed by atoms with Gasteiger partial charge in [0.25, 0.3) is 0 Å². The Morgan fingerprint density at radius 1 is 0.690 bits per heavy atom. The number of amides is 4. The van der Waals surface area contributed by atoms with Gasteiger partial charge in [-0.2, -0.15) is 0 Å². The van der Waals surface area contributed by atoms with Crippen LogP contribution in [0.15, 0.2) is 108 Å². The standard InChI is InChI=1S/C45H48N8O5/c1-50(2)39(28-13-7-5-8-14-28)44(56)52-23-11-17-36(52)41(54)46-31-19-21-33-30(25-31)26-35(48-33)43-49-34-27-32(20-22-38(34)58-43)47-42(55)37-18-12-24-53(37)45(57)40(51(3)4)29-15-9-6-10-16-29/h5-10,13-16,19-22,25-27,36-37,39-40,48H,11-12,17-18,23-24H2,1-4H3,(H,46,54)(H,47,55)/t36-,37-,39+,40+/m0/s1. The number of fused-ring (bicyclic) bond motifs is 2. The van der Waals surface area contributed by atoms with Crippen LogP contribution < -0.4 is 10.6 Å². The third-order valence-electron chi connectivity index (χ3n) is 11.2. The maximum Gasteiger partial charge on any atom is 0.247 e. The third kappa shape index (κ3) is 7.70. The molecule has 2 saturated heterocycles. The highest BCUT2D eigenvalue weighted by molar-refractivity contribution is 6.01. The lowest BCUT2D eigenvalue weighted by Gasteiger charge is -2.31. The van der Waals surface area contributed by atoms with Gasteiger partial charge in [0.05, 0.1) is 0 Å². The van der Waals surface area contributed by atoms with E-state index in [4.69, 9.17) is 9.40 Å². The van der Waals surface area contributed by atoms with E-state index in [0.717, 1.165) is 34.9 Å². The number of nitrogens with one attached hydrogen (secondary N) is 3. The van der Waals surface area contributed by atoms with Crippen molar-refractivity contribution in [2.45, 2.75) is 49.9 Å². The highest BCUT2D eigenvalue weighted by Gasteiger charge is 2.40. The van der Waals surface area contributed by atoms with Crippen molar-refractivity contribution in [1.29, 1.82) is 0 Å². The molecular weight excluding hydrogens is 733 g/mol. The van der Waals surface area contributed by atoms with Gasteiger partial charge in [0.1, 0.15) is 35.4 Å². The number of likely N-dealkylation sites (tertiary alicyclic amines) is 2. The first-order chi connectivity index (χ1) is 28.0.